The Kier molecular flexibility index (Phi) is 2.14. The van der Waals surface area contributed by atoms with Crippen molar-refractivity contribution in [1.29, 1.82) is 0 Å². The fourth-order valence-corrected chi connectivity index (χ4v) is 1.45. The third-order valence-corrected chi connectivity index (χ3v) is 2.22. The quantitative estimate of drug-likeness (QED) is 0.816. The highest BCUT2D eigenvalue weighted by molar-refractivity contribution is 9.10. The number of aromatic nitrogens is 2. The number of nitrogens with one attached hydrogen (secondary N) is 1. The standard InChI is InChI=1S/C9H6BrFN2/c10-6-1-2-7(8(11)5-6)9-3-4-12-13-9/h1-5H,(H,12,13). The van der Waals surface area contributed by atoms with Gasteiger partial charge in [0.1, 0.15) is 5.82 Å². The Balaban J connectivity index is 2.53. The molecule has 1 N–H and O–H groups in total. The van der Waals surface area contributed by atoms with Crippen molar-refractivity contribution in [3.8, 4) is 11.3 Å². The zero-order valence-electron chi connectivity index (χ0n) is 6.59. The van der Waals surface area contributed by atoms with Gasteiger partial charge in [-0.15, -0.1) is 0 Å². The van der Waals surface area contributed by atoms with Gasteiger partial charge in [0.05, 0.1) is 5.69 Å². The van der Waals surface area contributed by atoms with Crippen molar-refractivity contribution in [1.82, 2.24) is 10.2 Å². The van der Waals surface area contributed by atoms with E-state index in [-0.39, 0.29) is 5.82 Å². The first-order valence-electron chi connectivity index (χ1n) is 3.72. The van der Waals surface area contributed by atoms with E-state index < -0.39 is 0 Å². The highest BCUT2D eigenvalue weighted by Gasteiger charge is 2.05. The molecular formula is C9H6BrFN2. The maximum Gasteiger partial charge on any atom is 0.133 e. The summed E-state index contributed by atoms with van der Waals surface area (Å²) in [7, 11) is 0. The molecule has 0 spiro atoms. The van der Waals surface area contributed by atoms with E-state index in [1.165, 1.54) is 6.07 Å². The molecule has 1 aromatic heterocycles. The molecule has 0 aliphatic rings. The zero-order valence-corrected chi connectivity index (χ0v) is 8.18. The number of rotatable bonds is 1. The molecule has 0 aliphatic heterocycles. The summed E-state index contributed by atoms with van der Waals surface area (Å²) in [5, 5.41) is 6.47. The van der Waals surface area contributed by atoms with Crippen molar-refractivity contribution in [3.63, 3.8) is 0 Å². The van der Waals surface area contributed by atoms with Gasteiger partial charge in [-0.25, -0.2) is 4.39 Å². The van der Waals surface area contributed by atoms with Gasteiger partial charge in [0, 0.05) is 16.2 Å². The van der Waals surface area contributed by atoms with Gasteiger partial charge in [-0.3, -0.25) is 5.10 Å². The van der Waals surface area contributed by atoms with E-state index >= 15 is 0 Å². The fraction of sp³-hybridized carbons (Fsp3) is 0. The average Bonchev–Trinajstić information content (AvgIpc) is 2.56. The highest BCUT2D eigenvalue weighted by Crippen LogP contribution is 2.23. The monoisotopic (exact) mass is 240 g/mol. The molecule has 66 valence electrons. The summed E-state index contributed by atoms with van der Waals surface area (Å²) < 4.78 is 14.1. The maximum atomic E-state index is 13.3. The number of halogens is 2. The second-order valence-corrected chi connectivity index (χ2v) is 3.51. The summed E-state index contributed by atoms with van der Waals surface area (Å²) >= 11 is 3.19. The van der Waals surface area contributed by atoms with Crippen LogP contribution in [0.1, 0.15) is 0 Å². The Hall–Kier alpha value is -1.16. The number of hydrogen-bond acceptors (Lipinski definition) is 1. The second kappa shape index (κ2) is 3.30. The summed E-state index contributed by atoms with van der Waals surface area (Å²) in [6.07, 6.45) is 1.59. The molecule has 0 radical (unpaired) electrons. The van der Waals surface area contributed by atoms with Crippen LogP contribution in [0.15, 0.2) is 34.9 Å². The van der Waals surface area contributed by atoms with Crippen LogP contribution in [0.2, 0.25) is 0 Å². The lowest BCUT2D eigenvalue weighted by Crippen LogP contribution is -1.84. The van der Waals surface area contributed by atoms with Crippen molar-refractivity contribution in [2.75, 3.05) is 0 Å². The van der Waals surface area contributed by atoms with Crippen molar-refractivity contribution in [2.24, 2.45) is 0 Å². The van der Waals surface area contributed by atoms with E-state index in [4.69, 9.17) is 0 Å². The second-order valence-electron chi connectivity index (χ2n) is 2.59. The normalized spacial score (nSPS) is 10.3. The Morgan fingerprint density at radius 1 is 1.31 bits per heavy atom. The lowest BCUT2D eigenvalue weighted by Gasteiger charge is -1.99. The van der Waals surface area contributed by atoms with Crippen LogP contribution >= 0.6 is 15.9 Å². The van der Waals surface area contributed by atoms with E-state index in [9.17, 15) is 4.39 Å². The van der Waals surface area contributed by atoms with Gasteiger partial charge in [-0.05, 0) is 24.3 Å². The van der Waals surface area contributed by atoms with Crippen LogP contribution in [0.5, 0.6) is 0 Å². The maximum absolute atomic E-state index is 13.3. The zero-order chi connectivity index (χ0) is 9.26. The Labute approximate surface area is 82.9 Å². The van der Waals surface area contributed by atoms with E-state index in [0.717, 1.165) is 4.47 Å². The van der Waals surface area contributed by atoms with Crippen LogP contribution < -0.4 is 0 Å². The van der Waals surface area contributed by atoms with Crippen LogP contribution in [0.3, 0.4) is 0 Å². The summed E-state index contributed by atoms with van der Waals surface area (Å²) in [4.78, 5) is 0. The molecule has 2 nitrogen and oxygen atoms in total. The molecule has 13 heavy (non-hydrogen) atoms. The number of aromatic amines is 1. The molecule has 1 aromatic carbocycles. The molecule has 0 amide bonds. The van der Waals surface area contributed by atoms with Crippen LogP contribution in [0.25, 0.3) is 11.3 Å². The minimum Gasteiger partial charge on any atom is -0.278 e. The minimum atomic E-state index is -0.265. The van der Waals surface area contributed by atoms with Gasteiger partial charge in [0.2, 0.25) is 0 Å². The van der Waals surface area contributed by atoms with E-state index in [1.807, 2.05) is 0 Å². The number of benzene rings is 1. The summed E-state index contributed by atoms with van der Waals surface area (Å²) in [6, 6.07) is 6.65. The molecule has 0 atom stereocenters. The molecule has 0 saturated carbocycles. The Morgan fingerprint density at radius 2 is 2.15 bits per heavy atom. The SMILES string of the molecule is Fc1cc(Br)ccc1-c1ccn[nH]1. The van der Waals surface area contributed by atoms with Gasteiger partial charge >= 0.3 is 0 Å². The average molecular weight is 241 g/mol. The highest BCUT2D eigenvalue weighted by atomic mass is 79.9. The van der Waals surface area contributed by atoms with E-state index in [2.05, 4.69) is 26.1 Å². The summed E-state index contributed by atoms with van der Waals surface area (Å²) in [5.41, 5.74) is 1.21. The van der Waals surface area contributed by atoms with Crippen molar-refractivity contribution in [3.05, 3.63) is 40.8 Å². The van der Waals surface area contributed by atoms with Gasteiger partial charge in [0.25, 0.3) is 0 Å². The molecule has 1 heterocycles. The number of H-pyrrole nitrogens is 1. The van der Waals surface area contributed by atoms with E-state index in [1.54, 1.807) is 24.4 Å². The molecule has 0 bridgehead atoms. The van der Waals surface area contributed by atoms with Gasteiger partial charge < -0.3 is 0 Å². The molecular weight excluding hydrogens is 235 g/mol. The first-order valence-corrected chi connectivity index (χ1v) is 4.51. The van der Waals surface area contributed by atoms with E-state index in [0.29, 0.717) is 11.3 Å². The summed E-state index contributed by atoms with van der Waals surface area (Å²) in [6.45, 7) is 0. The van der Waals surface area contributed by atoms with Crippen molar-refractivity contribution < 1.29 is 4.39 Å². The van der Waals surface area contributed by atoms with Crippen LogP contribution in [-0.4, -0.2) is 10.2 Å². The molecule has 0 fully saturated rings. The van der Waals surface area contributed by atoms with Gasteiger partial charge in [-0.2, -0.15) is 5.10 Å². The predicted octanol–water partition coefficient (Wildman–Crippen LogP) is 2.98. The molecule has 0 aliphatic carbocycles. The molecule has 2 aromatic rings. The fourth-order valence-electron chi connectivity index (χ4n) is 1.11. The molecule has 4 heteroatoms. The minimum absolute atomic E-state index is 0.265. The molecule has 0 saturated heterocycles. The predicted molar refractivity (Wildman–Crippen MR) is 51.7 cm³/mol. The molecule has 2 rings (SSSR count). The largest absolute Gasteiger partial charge is 0.278 e. The smallest absolute Gasteiger partial charge is 0.133 e. The lowest BCUT2D eigenvalue weighted by molar-refractivity contribution is 0.630. The first kappa shape index (κ1) is 8.44. The van der Waals surface area contributed by atoms with Gasteiger partial charge in [0.15, 0.2) is 0 Å². The lowest BCUT2D eigenvalue weighted by atomic mass is 10.1. The van der Waals surface area contributed by atoms with Crippen LogP contribution in [-0.2, 0) is 0 Å². The van der Waals surface area contributed by atoms with Crippen molar-refractivity contribution >= 4 is 15.9 Å². The van der Waals surface area contributed by atoms with Crippen LogP contribution in [0, 0.1) is 5.82 Å². The number of hydrogen-bond donors (Lipinski definition) is 1. The van der Waals surface area contributed by atoms with Crippen molar-refractivity contribution in [2.45, 2.75) is 0 Å². The third-order valence-electron chi connectivity index (χ3n) is 1.72. The summed E-state index contributed by atoms with van der Waals surface area (Å²) in [5.74, 6) is -0.265. The Bertz CT molecular complexity index is 412. The Morgan fingerprint density at radius 3 is 2.77 bits per heavy atom. The molecule has 0 unspecified atom stereocenters. The van der Waals surface area contributed by atoms with Crippen LogP contribution in [0.4, 0.5) is 4.39 Å². The first-order chi connectivity index (χ1) is 6.27. The third kappa shape index (κ3) is 1.62. The topological polar surface area (TPSA) is 28.7 Å². The number of nitrogens with zero attached hydrogens (tertiary/aromatic N) is 1. The van der Waals surface area contributed by atoms with Gasteiger partial charge in [-0.1, -0.05) is 15.9 Å².